The average molecular weight is 267 g/mol. The van der Waals surface area contributed by atoms with Crippen LogP contribution in [0.3, 0.4) is 0 Å². The number of nitrogens with one attached hydrogen (secondary N) is 1. The molecular formula is C15H17N5. The second-order valence-corrected chi connectivity index (χ2v) is 4.77. The summed E-state index contributed by atoms with van der Waals surface area (Å²) in [5.41, 5.74) is 9.90. The fourth-order valence-electron chi connectivity index (χ4n) is 2.16. The predicted molar refractivity (Wildman–Crippen MR) is 79.4 cm³/mol. The maximum Gasteiger partial charge on any atom is 0.152 e. The van der Waals surface area contributed by atoms with Crippen molar-refractivity contribution in [1.29, 1.82) is 0 Å². The Morgan fingerprint density at radius 1 is 1.20 bits per heavy atom. The lowest BCUT2D eigenvalue weighted by atomic mass is 10.1. The highest BCUT2D eigenvalue weighted by atomic mass is 15.2. The van der Waals surface area contributed by atoms with Crippen LogP contribution >= 0.6 is 0 Å². The van der Waals surface area contributed by atoms with E-state index in [0.29, 0.717) is 6.54 Å². The van der Waals surface area contributed by atoms with Gasteiger partial charge in [0, 0.05) is 25.5 Å². The molecule has 0 unspecified atom stereocenters. The summed E-state index contributed by atoms with van der Waals surface area (Å²) in [7, 11) is 0. The summed E-state index contributed by atoms with van der Waals surface area (Å²) in [5.74, 6) is 0.844. The first kappa shape index (κ1) is 12.6. The number of anilines is 1. The van der Waals surface area contributed by atoms with Crippen LogP contribution in [0, 0.1) is 6.92 Å². The molecule has 0 radical (unpaired) electrons. The molecule has 3 rings (SSSR count). The molecule has 2 aromatic heterocycles. The Kier molecular flexibility index (Phi) is 3.35. The van der Waals surface area contributed by atoms with Gasteiger partial charge in [0.25, 0.3) is 0 Å². The minimum atomic E-state index is 0.573. The first-order chi connectivity index (χ1) is 9.76. The predicted octanol–water partition coefficient (Wildman–Crippen LogP) is 2.11. The number of nitrogens with two attached hydrogens (primary N) is 1. The van der Waals surface area contributed by atoms with Crippen LogP contribution in [-0.2, 0) is 13.1 Å². The van der Waals surface area contributed by atoms with Crippen LogP contribution in [0.2, 0.25) is 0 Å². The molecular weight excluding hydrogens is 250 g/mol. The monoisotopic (exact) mass is 267 g/mol. The van der Waals surface area contributed by atoms with Crippen molar-refractivity contribution in [2.45, 2.75) is 20.0 Å². The van der Waals surface area contributed by atoms with Crippen molar-refractivity contribution >= 4 is 11.3 Å². The SMILES string of the molecule is Cc1cc2c(NCc3ccc(CN)cc3)nccn2n1. The molecule has 0 saturated carbocycles. The van der Waals surface area contributed by atoms with Crippen LogP contribution in [0.15, 0.2) is 42.7 Å². The van der Waals surface area contributed by atoms with Gasteiger partial charge in [-0.25, -0.2) is 9.50 Å². The third kappa shape index (κ3) is 2.48. The Morgan fingerprint density at radius 3 is 2.70 bits per heavy atom. The molecule has 102 valence electrons. The quantitative estimate of drug-likeness (QED) is 0.759. The van der Waals surface area contributed by atoms with Crippen molar-refractivity contribution in [2.24, 2.45) is 5.73 Å². The number of hydrogen-bond acceptors (Lipinski definition) is 4. The fourth-order valence-corrected chi connectivity index (χ4v) is 2.16. The molecule has 0 saturated heterocycles. The van der Waals surface area contributed by atoms with Gasteiger partial charge in [0.05, 0.1) is 5.69 Å². The van der Waals surface area contributed by atoms with E-state index in [1.807, 2.05) is 35.8 Å². The summed E-state index contributed by atoms with van der Waals surface area (Å²) < 4.78 is 1.84. The Morgan fingerprint density at radius 2 is 1.95 bits per heavy atom. The molecule has 0 aliphatic heterocycles. The van der Waals surface area contributed by atoms with Crippen molar-refractivity contribution in [1.82, 2.24) is 14.6 Å². The van der Waals surface area contributed by atoms with E-state index in [4.69, 9.17) is 5.73 Å². The van der Waals surface area contributed by atoms with Gasteiger partial charge in [0.15, 0.2) is 5.82 Å². The van der Waals surface area contributed by atoms with E-state index < -0.39 is 0 Å². The van der Waals surface area contributed by atoms with Crippen molar-refractivity contribution in [3.63, 3.8) is 0 Å². The second kappa shape index (κ2) is 5.30. The topological polar surface area (TPSA) is 68.2 Å². The maximum absolute atomic E-state index is 5.59. The van der Waals surface area contributed by atoms with Gasteiger partial charge in [-0.05, 0) is 24.1 Å². The van der Waals surface area contributed by atoms with E-state index in [0.717, 1.165) is 29.1 Å². The van der Waals surface area contributed by atoms with E-state index >= 15 is 0 Å². The lowest BCUT2D eigenvalue weighted by molar-refractivity contribution is 0.920. The van der Waals surface area contributed by atoms with Crippen LogP contribution in [0.4, 0.5) is 5.82 Å². The molecule has 0 aliphatic rings. The zero-order valence-electron chi connectivity index (χ0n) is 11.4. The number of hydrogen-bond donors (Lipinski definition) is 2. The van der Waals surface area contributed by atoms with Crippen molar-refractivity contribution in [3.05, 3.63) is 59.5 Å². The van der Waals surface area contributed by atoms with E-state index in [9.17, 15) is 0 Å². The lowest BCUT2D eigenvalue weighted by Gasteiger charge is -2.07. The van der Waals surface area contributed by atoms with Gasteiger partial charge >= 0.3 is 0 Å². The van der Waals surface area contributed by atoms with Crippen LogP contribution in [-0.4, -0.2) is 14.6 Å². The summed E-state index contributed by atoms with van der Waals surface area (Å²) >= 11 is 0. The first-order valence-electron chi connectivity index (χ1n) is 6.59. The highest BCUT2D eigenvalue weighted by Gasteiger charge is 2.04. The smallest absolute Gasteiger partial charge is 0.152 e. The van der Waals surface area contributed by atoms with E-state index in [2.05, 4.69) is 27.5 Å². The zero-order valence-corrected chi connectivity index (χ0v) is 11.4. The van der Waals surface area contributed by atoms with Crippen molar-refractivity contribution < 1.29 is 0 Å². The molecule has 1 aromatic carbocycles. The maximum atomic E-state index is 5.59. The molecule has 2 heterocycles. The van der Waals surface area contributed by atoms with E-state index in [1.54, 1.807) is 6.20 Å². The normalized spacial score (nSPS) is 10.9. The number of aromatic nitrogens is 3. The largest absolute Gasteiger partial charge is 0.364 e. The van der Waals surface area contributed by atoms with Gasteiger partial charge in [-0.3, -0.25) is 0 Å². The highest BCUT2D eigenvalue weighted by Crippen LogP contribution is 2.15. The van der Waals surface area contributed by atoms with Crippen LogP contribution in [0.1, 0.15) is 16.8 Å². The molecule has 5 heteroatoms. The number of nitrogens with zero attached hydrogens (tertiary/aromatic N) is 3. The first-order valence-corrected chi connectivity index (χ1v) is 6.59. The van der Waals surface area contributed by atoms with E-state index in [-0.39, 0.29) is 0 Å². The molecule has 0 spiro atoms. The molecule has 5 nitrogen and oxygen atoms in total. The second-order valence-electron chi connectivity index (χ2n) is 4.77. The molecule has 0 aliphatic carbocycles. The molecule has 3 N–H and O–H groups in total. The van der Waals surface area contributed by atoms with Crippen LogP contribution in [0.25, 0.3) is 5.52 Å². The average Bonchev–Trinajstić information content (AvgIpc) is 2.86. The molecule has 0 atom stereocenters. The number of aryl methyl sites for hydroxylation is 1. The van der Waals surface area contributed by atoms with Gasteiger partial charge in [0.1, 0.15) is 5.52 Å². The van der Waals surface area contributed by atoms with Crippen LogP contribution < -0.4 is 11.1 Å². The minimum Gasteiger partial charge on any atom is -0.364 e. The summed E-state index contributed by atoms with van der Waals surface area (Å²) in [5, 5.41) is 7.73. The summed E-state index contributed by atoms with van der Waals surface area (Å²) in [6.45, 7) is 3.27. The molecule has 0 bridgehead atoms. The molecule has 3 aromatic rings. The van der Waals surface area contributed by atoms with Crippen molar-refractivity contribution in [2.75, 3.05) is 5.32 Å². The summed E-state index contributed by atoms with van der Waals surface area (Å²) in [4.78, 5) is 4.38. The summed E-state index contributed by atoms with van der Waals surface area (Å²) in [6.07, 6.45) is 3.60. The fraction of sp³-hybridized carbons (Fsp3) is 0.200. The standard InChI is InChI=1S/C15H17N5/c1-11-8-14-15(17-6-7-20(14)19-11)18-10-13-4-2-12(9-16)3-5-13/h2-8H,9-10,16H2,1H3,(H,17,18). The van der Waals surface area contributed by atoms with E-state index in [1.165, 1.54) is 5.56 Å². The molecule has 20 heavy (non-hydrogen) atoms. The number of rotatable bonds is 4. The van der Waals surface area contributed by atoms with Gasteiger partial charge in [-0.15, -0.1) is 0 Å². The van der Waals surface area contributed by atoms with Crippen molar-refractivity contribution in [3.8, 4) is 0 Å². The number of benzene rings is 1. The van der Waals surface area contributed by atoms with Gasteiger partial charge in [-0.1, -0.05) is 24.3 Å². The van der Waals surface area contributed by atoms with Gasteiger partial charge in [-0.2, -0.15) is 5.10 Å². The Hall–Kier alpha value is -2.40. The lowest BCUT2D eigenvalue weighted by Crippen LogP contribution is -2.04. The van der Waals surface area contributed by atoms with Gasteiger partial charge < -0.3 is 11.1 Å². The zero-order chi connectivity index (χ0) is 13.9. The van der Waals surface area contributed by atoms with Gasteiger partial charge in [0.2, 0.25) is 0 Å². The third-order valence-electron chi connectivity index (χ3n) is 3.23. The Bertz CT molecular complexity index is 715. The third-order valence-corrected chi connectivity index (χ3v) is 3.23. The summed E-state index contributed by atoms with van der Waals surface area (Å²) in [6, 6.07) is 10.3. The van der Waals surface area contributed by atoms with Crippen LogP contribution in [0.5, 0.6) is 0 Å². The molecule has 0 fully saturated rings. The minimum absolute atomic E-state index is 0.573. The Labute approximate surface area is 117 Å². The molecule has 0 amide bonds. The highest BCUT2D eigenvalue weighted by molar-refractivity contribution is 5.67. The number of fused-ring (bicyclic) bond motifs is 1. The Balaban J connectivity index is 1.79.